The first kappa shape index (κ1) is 13.0. The van der Waals surface area contributed by atoms with Gasteiger partial charge in [0.25, 0.3) is 0 Å². The fraction of sp³-hybridized carbons (Fsp3) is 0.364. The number of rotatable bonds is 4. The molecule has 0 bridgehead atoms. The number of aromatic hydroxyl groups is 1. The number of phenols is 1. The Morgan fingerprint density at radius 3 is 2.56 bits per heavy atom. The van der Waals surface area contributed by atoms with Crippen LogP contribution in [0.3, 0.4) is 0 Å². The second-order valence-electron chi connectivity index (χ2n) is 3.77. The molecular formula is C11H14ClNO3. The molecule has 0 aromatic heterocycles. The van der Waals surface area contributed by atoms with E-state index in [0.717, 1.165) is 0 Å². The van der Waals surface area contributed by atoms with Gasteiger partial charge in [0, 0.05) is 16.8 Å². The minimum absolute atomic E-state index is 0.0476. The van der Waals surface area contributed by atoms with E-state index in [1.165, 1.54) is 12.3 Å². The SMILES string of the molecule is CC(CO)(CO)N=Cc1cc(Cl)ccc1O. The molecule has 0 radical (unpaired) electrons. The molecule has 0 heterocycles. The molecule has 0 aliphatic rings. The van der Waals surface area contributed by atoms with Gasteiger partial charge in [0.2, 0.25) is 0 Å². The number of halogens is 1. The highest BCUT2D eigenvalue weighted by molar-refractivity contribution is 6.30. The third kappa shape index (κ3) is 3.20. The van der Waals surface area contributed by atoms with Gasteiger partial charge in [0.15, 0.2) is 0 Å². The van der Waals surface area contributed by atoms with Crippen LogP contribution in [-0.2, 0) is 0 Å². The Labute approximate surface area is 98.8 Å². The molecule has 3 N–H and O–H groups in total. The van der Waals surface area contributed by atoms with E-state index in [9.17, 15) is 5.11 Å². The van der Waals surface area contributed by atoms with Crippen molar-refractivity contribution in [2.75, 3.05) is 13.2 Å². The maximum absolute atomic E-state index is 9.50. The van der Waals surface area contributed by atoms with Gasteiger partial charge in [0.1, 0.15) is 11.3 Å². The zero-order valence-electron chi connectivity index (χ0n) is 8.89. The van der Waals surface area contributed by atoms with Gasteiger partial charge in [0.05, 0.1) is 13.2 Å². The molecule has 0 aliphatic heterocycles. The number of phenolic OH excluding ortho intramolecular Hbond substituents is 1. The second-order valence-corrected chi connectivity index (χ2v) is 4.21. The lowest BCUT2D eigenvalue weighted by Gasteiger charge is -2.18. The summed E-state index contributed by atoms with van der Waals surface area (Å²) >= 11 is 5.76. The normalized spacial score (nSPS) is 12.2. The van der Waals surface area contributed by atoms with Crippen molar-refractivity contribution in [3.05, 3.63) is 28.8 Å². The van der Waals surface area contributed by atoms with Crippen LogP contribution in [0.4, 0.5) is 0 Å². The number of aliphatic hydroxyl groups is 2. The quantitative estimate of drug-likeness (QED) is 0.696. The molecule has 4 nitrogen and oxygen atoms in total. The van der Waals surface area contributed by atoms with Crippen LogP contribution in [0.2, 0.25) is 5.02 Å². The highest BCUT2D eigenvalue weighted by Crippen LogP contribution is 2.20. The third-order valence-corrected chi connectivity index (χ3v) is 2.42. The van der Waals surface area contributed by atoms with Crippen LogP contribution >= 0.6 is 11.6 Å². The number of aliphatic hydroxyl groups excluding tert-OH is 2. The average molecular weight is 244 g/mol. The zero-order chi connectivity index (χ0) is 12.2. The minimum Gasteiger partial charge on any atom is -0.507 e. The number of benzene rings is 1. The lowest BCUT2D eigenvalue weighted by molar-refractivity contribution is 0.136. The molecule has 0 saturated heterocycles. The third-order valence-electron chi connectivity index (χ3n) is 2.19. The number of aliphatic imine (C=N–C) groups is 1. The summed E-state index contributed by atoms with van der Waals surface area (Å²) in [4.78, 5) is 4.02. The lowest BCUT2D eigenvalue weighted by atomic mass is 10.1. The summed E-state index contributed by atoms with van der Waals surface area (Å²) in [5.74, 6) is 0.0476. The molecule has 0 fully saturated rings. The van der Waals surface area contributed by atoms with Crippen LogP contribution in [0.15, 0.2) is 23.2 Å². The summed E-state index contributed by atoms with van der Waals surface area (Å²) in [7, 11) is 0. The van der Waals surface area contributed by atoms with Crippen molar-refractivity contribution in [1.82, 2.24) is 0 Å². The fourth-order valence-corrected chi connectivity index (χ4v) is 1.17. The molecule has 5 heteroatoms. The molecule has 0 aliphatic carbocycles. The predicted molar refractivity (Wildman–Crippen MR) is 63.3 cm³/mol. The molecule has 1 aromatic rings. The summed E-state index contributed by atoms with van der Waals surface area (Å²) in [6, 6.07) is 4.57. The van der Waals surface area contributed by atoms with Crippen molar-refractivity contribution in [3.63, 3.8) is 0 Å². The maximum Gasteiger partial charge on any atom is 0.124 e. The molecule has 0 unspecified atom stereocenters. The Bertz CT molecular complexity index is 389. The molecule has 16 heavy (non-hydrogen) atoms. The molecule has 1 rings (SSSR count). The topological polar surface area (TPSA) is 73.0 Å². The van der Waals surface area contributed by atoms with E-state index in [0.29, 0.717) is 10.6 Å². The lowest BCUT2D eigenvalue weighted by Crippen LogP contribution is -2.31. The largest absolute Gasteiger partial charge is 0.507 e. The second kappa shape index (κ2) is 5.30. The first-order chi connectivity index (χ1) is 7.50. The van der Waals surface area contributed by atoms with Crippen molar-refractivity contribution in [2.45, 2.75) is 12.5 Å². The van der Waals surface area contributed by atoms with Gasteiger partial charge in [-0.25, -0.2) is 0 Å². The number of hydrogen-bond donors (Lipinski definition) is 3. The van der Waals surface area contributed by atoms with Crippen LogP contribution in [-0.4, -0.2) is 40.3 Å². The molecular weight excluding hydrogens is 230 g/mol. The summed E-state index contributed by atoms with van der Waals surface area (Å²) in [5.41, 5.74) is -0.505. The van der Waals surface area contributed by atoms with E-state index < -0.39 is 5.54 Å². The van der Waals surface area contributed by atoms with Crippen LogP contribution in [0, 0.1) is 0 Å². The minimum atomic E-state index is -0.950. The first-order valence-electron chi connectivity index (χ1n) is 4.76. The molecule has 0 saturated carbocycles. The van der Waals surface area contributed by atoms with E-state index >= 15 is 0 Å². The molecule has 0 amide bonds. The maximum atomic E-state index is 9.50. The van der Waals surface area contributed by atoms with Crippen molar-refractivity contribution in [3.8, 4) is 5.75 Å². The number of hydrogen-bond acceptors (Lipinski definition) is 4. The summed E-state index contributed by atoms with van der Waals surface area (Å²) in [6.45, 7) is 1.05. The smallest absolute Gasteiger partial charge is 0.124 e. The van der Waals surface area contributed by atoms with Crippen molar-refractivity contribution >= 4 is 17.8 Å². The van der Waals surface area contributed by atoms with Gasteiger partial charge in [-0.1, -0.05) is 11.6 Å². The van der Waals surface area contributed by atoms with E-state index in [-0.39, 0.29) is 19.0 Å². The Hall–Kier alpha value is -1.10. The van der Waals surface area contributed by atoms with Gasteiger partial charge in [-0.3, -0.25) is 4.99 Å². The molecule has 0 atom stereocenters. The van der Waals surface area contributed by atoms with Crippen LogP contribution in [0.25, 0.3) is 0 Å². The van der Waals surface area contributed by atoms with E-state index in [4.69, 9.17) is 21.8 Å². The van der Waals surface area contributed by atoms with Gasteiger partial charge >= 0.3 is 0 Å². The summed E-state index contributed by atoms with van der Waals surface area (Å²) in [6.07, 6.45) is 1.38. The monoisotopic (exact) mass is 243 g/mol. The van der Waals surface area contributed by atoms with E-state index in [1.807, 2.05) is 0 Å². The summed E-state index contributed by atoms with van der Waals surface area (Å²) in [5, 5.41) is 28.0. The first-order valence-corrected chi connectivity index (χ1v) is 5.14. The van der Waals surface area contributed by atoms with Gasteiger partial charge < -0.3 is 15.3 Å². The molecule has 1 aromatic carbocycles. The van der Waals surface area contributed by atoms with Gasteiger partial charge in [-0.05, 0) is 25.1 Å². The summed E-state index contributed by atoms with van der Waals surface area (Å²) < 4.78 is 0. The Morgan fingerprint density at radius 2 is 2.00 bits per heavy atom. The average Bonchev–Trinajstić information content (AvgIpc) is 2.30. The van der Waals surface area contributed by atoms with Crippen molar-refractivity contribution in [2.24, 2.45) is 4.99 Å². The Balaban J connectivity index is 2.95. The van der Waals surface area contributed by atoms with Gasteiger partial charge in [-0.15, -0.1) is 0 Å². The highest BCUT2D eigenvalue weighted by atomic mass is 35.5. The standard InChI is InChI=1S/C11H14ClNO3/c1-11(6-14,7-15)13-5-8-4-9(12)2-3-10(8)16/h2-5,14-16H,6-7H2,1H3. The number of nitrogens with zero attached hydrogens (tertiary/aromatic N) is 1. The Kier molecular flexibility index (Phi) is 4.29. The zero-order valence-corrected chi connectivity index (χ0v) is 9.65. The highest BCUT2D eigenvalue weighted by Gasteiger charge is 2.19. The van der Waals surface area contributed by atoms with Crippen molar-refractivity contribution < 1.29 is 15.3 Å². The van der Waals surface area contributed by atoms with Crippen LogP contribution in [0.5, 0.6) is 5.75 Å². The van der Waals surface area contributed by atoms with Crippen LogP contribution in [0.1, 0.15) is 12.5 Å². The van der Waals surface area contributed by atoms with Crippen molar-refractivity contribution in [1.29, 1.82) is 0 Å². The molecule has 88 valence electrons. The molecule has 0 spiro atoms. The van der Waals surface area contributed by atoms with E-state index in [2.05, 4.69) is 4.99 Å². The van der Waals surface area contributed by atoms with Gasteiger partial charge in [-0.2, -0.15) is 0 Å². The van der Waals surface area contributed by atoms with E-state index in [1.54, 1.807) is 19.1 Å². The van der Waals surface area contributed by atoms with Crippen LogP contribution < -0.4 is 0 Å². The predicted octanol–water partition coefficient (Wildman–Crippen LogP) is 1.21. The Morgan fingerprint density at radius 1 is 1.38 bits per heavy atom. The fourth-order valence-electron chi connectivity index (χ4n) is 0.986.